The lowest BCUT2D eigenvalue weighted by Gasteiger charge is -2.40. The van der Waals surface area contributed by atoms with Crippen LogP contribution in [0.4, 0.5) is 0 Å². The van der Waals surface area contributed by atoms with Crippen LogP contribution in [0.3, 0.4) is 0 Å². The summed E-state index contributed by atoms with van der Waals surface area (Å²) in [5, 5.41) is 7.33. The van der Waals surface area contributed by atoms with Crippen molar-refractivity contribution in [3.05, 3.63) is 18.0 Å². The summed E-state index contributed by atoms with van der Waals surface area (Å²) >= 11 is 0. The fraction of sp³-hybridized carbons (Fsp3) is 0.750. The maximum Gasteiger partial charge on any atom is 0.222 e. The highest BCUT2D eigenvalue weighted by atomic mass is 16.5. The molecule has 1 fully saturated rings. The van der Waals surface area contributed by atoms with Crippen molar-refractivity contribution in [2.75, 3.05) is 40.0 Å². The van der Waals surface area contributed by atoms with Gasteiger partial charge in [0.1, 0.15) is 0 Å². The van der Waals surface area contributed by atoms with Gasteiger partial charge in [-0.15, -0.1) is 0 Å². The van der Waals surface area contributed by atoms with Gasteiger partial charge in [0, 0.05) is 52.2 Å². The maximum absolute atomic E-state index is 12.2. The van der Waals surface area contributed by atoms with Crippen molar-refractivity contribution in [2.24, 2.45) is 0 Å². The van der Waals surface area contributed by atoms with Crippen molar-refractivity contribution in [3.63, 3.8) is 0 Å². The molecule has 1 N–H and O–H groups in total. The number of aromatic nitrogens is 2. The third kappa shape index (κ3) is 4.10. The van der Waals surface area contributed by atoms with Crippen LogP contribution in [-0.4, -0.2) is 66.6 Å². The Hall–Kier alpha value is -1.44. The van der Waals surface area contributed by atoms with Crippen LogP contribution in [0.25, 0.3) is 0 Å². The average molecular weight is 322 g/mol. The Bertz CT molecular complexity index is 513. The minimum atomic E-state index is 0.0577. The van der Waals surface area contributed by atoms with Gasteiger partial charge >= 0.3 is 0 Å². The van der Waals surface area contributed by atoms with Gasteiger partial charge in [-0.1, -0.05) is 0 Å². The Kier molecular flexibility index (Phi) is 5.64. The first-order chi connectivity index (χ1) is 11.3. The molecule has 0 radical (unpaired) electrons. The SMILES string of the molecule is COCCNC(=O)C[C@@H]1CN(C2CCOCC2)Cc2ccnn21. The van der Waals surface area contributed by atoms with Crippen LogP contribution < -0.4 is 5.32 Å². The number of amides is 1. The Morgan fingerprint density at radius 3 is 3.09 bits per heavy atom. The predicted octanol–water partition coefficient (Wildman–Crippen LogP) is 0.572. The molecule has 23 heavy (non-hydrogen) atoms. The number of nitrogens with zero attached hydrogens (tertiary/aromatic N) is 3. The van der Waals surface area contributed by atoms with Gasteiger partial charge in [-0.05, 0) is 18.9 Å². The van der Waals surface area contributed by atoms with E-state index in [1.165, 1.54) is 5.69 Å². The minimum absolute atomic E-state index is 0.0577. The molecule has 3 heterocycles. The number of ether oxygens (including phenoxy) is 2. The lowest BCUT2D eigenvalue weighted by atomic mass is 10.0. The molecule has 0 spiro atoms. The van der Waals surface area contributed by atoms with Gasteiger partial charge in [0.15, 0.2) is 0 Å². The predicted molar refractivity (Wildman–Crippen MR) is 85.0 cm³/mol. The Morgan fingerprint density at radius 1 is 1.48 bits per heavy atom. The molecule has 0 unspecified atom stereocenters. The summed E-state index contributed by atoms with van der Waals surface area (Å²) in [4.78, 5) is 14.6. The molecule has 1 aromatic heterocycles. The first-order valence-electron chi connectivity index (χ1n) is 8.37. The number of rotatable bonds is 6. The van der Waals surface area contributed by atoms with Crippen molar-refractivity contribution >= 4 is 5.91 Å². The van der Waals surface area contributed by atoms with E-state index in [4.69, 9.17) is 9.47 Å². The van der Waals surface area contributed by atoms with Gasteiger partial charge in [0.05, 0.1) is 24.8 Å². The molecule has 7 heteroatoms. The molecule has 0 aromatic carbocycles. The second-order valence-corrected chi connectivity index (χ2v) is 6.24. The van der Waals surface area contributed by atoms with Crippen LogP contribution in [0.2, 0.25) is 0 Å². The average Bonchev–Trinajstić information content (AvgIpc) is 3.05. The number of hydrogen-bond acceptors (Lipinski definition) is 5. The van der Waals surface area contributed by atoms with Gasteiger partial charge in [0.25, 0.3) is 0 Å². The number of nitrogens with one attached hydrogen (secondary N) is 1. The van der Waals surface area contributed by atoms with Gasteiger partial charge < -0.3 is 14.8 Å². The first kappa shape index (κ1) is 16.4. The second-order valence-electron chi connectivity index (χ2n) is 6.24. The molecule has 0 bridgehead atoms. The quantitative estimate of drug-likeness (QED) is 0.776. The monoisotopic (exact) mass is 322 g/mol. The molecular formula is C16H26N4O3. The summed E-state index contributed by atoms with van der Waals surface area (Å²) in [6, 6.07) is 2.70. The summed E-state index contributed by atoms with van der Waals surface area (Å²) in [6.45, 7) is 4.55. The smallest absolute Gasteiger partial charge is 0.222 e. The van der Waals surface area contributed by atoms with E-state index in [-0.39, 0.29) is 11.9 Å². The Morgan fingerprint density at radius 2 is 2.30 bits per heavy atom. The fourth-order valence-electron chi connectivity index (χ4n) is 3.47. The molecule has 0 aliphatic carbocycles. The number of carbonyl (C=O) groups is 1. The van der Waals surface area contributed by atoms with E-state index in [9.17, 15) is 4.79 Å². The van der Waals surface area contributed by atoms with E-state index >= 15 is 0 Å². The van der Waals surface area contributed by atoms with Crippen LogP contribution in [0.1, 0.15) is 31.0 Å². The van der Waals surface area contributed by atoms with Crippen molar-refractivity contribution in [1.29, 1.82) is 0 Å². The van der Waals surface area contributed by atoms with Crippen LogP contribution >= 0.6 is 0 Å². The zero-order valence-corrected chi connectivity index (χ0v) is 13.7. The molecule has 7 nitrogen and oxygen atoms in total. The molecular weight excluding hydrogens is 296 g/mol. The largest absolute Gasteiger partial charge is 0.383 e. The molecule has 0 saturated carbocycles. The molecule has 2 aliphatic heterocycles. The van der Waals surface area contributed by atoms with Crippen LogP contribution in [0, 0.1) is 0 Å². The zero-order valence-electron chi connectivity index (χ0n) is 13.7. The highest BCUT2D eigenvalue weighted by Gasteiger charge is 2.31. The standard InChI is InChI=1S/C16H26N4O3/c1-22-9-6-17-16(21)10-15-12-19(13-3-7-23-8-4-13)11-14-2-5-18-20(14)15/h2,5,13,15H,3-4,6-12H2,1H3,(H,17,21)/t15-/m1/s1. The van der Waals surface area contributed by atoms with E-state index in [2.05, 4.69) is 21.4 Å². The Labute approximate surface area is 136 Å². The third-order valence-electron chi connectivity index (χ3n) is 4.67. The molecule has 1 aromatic rings. The van der Waals surface area contributed by atoms with Crippen molar-refractivity contribution < 1.29 is 14.3 Å². The van der Waals surface area contributed by atoms with Gasteiger partial charge in [0.2, 0.25) is 5.91 Å². The van der Waals surface area contributed by atoms with E-state index in [0.717, 1.165) is 39.1 Å². The van der Waals surface area contributed by atoms with E-state index in [0.29, 0.717) is 25.6 Å². The molecule has 128 valence electrons. The van der Waals surface area contributed by atoms with Crippen molar-refractivity contribution in [3.8, 4) is 0 Å². The molecule has 1 saturated heterocycles. The Balaban J connectivity index is 1.63. The van der Waals surface area contributed by atoms with Crippen molar-refractivity contribution in [2.45, 2.75) is 37.9 Å². The fourth-order valence-corrected chi connectivity index (χ4v) is 3.47. The highest BCUT2D eigenvalue weighted by molar-refractivity contribution is 5.76. The van der Waals surface area contributed by atoms with E-state index in [1.54, 1.807) is 7.11 Å². The van der Waals surface area contributed by atoms with E-state index < -0.39 is 0 Å². The topological polar surface area (TPSA) is 68.6 Å². The zero-order chi connectivity index (χ0) is 16.1. The molecule has 1 atom stereocenters. The van der Waals surface area contributed by atoms with Crippen LogP contribution in [-0.2, 0) is 20.8 Å². The summed E-state index contributed by atoms with van der Waals surface area (Å²) in [5.74, 6) is 0.0577. The molecule has 2 aliphatic rings. The van der Waals surface area contributed by atoms with Crippen LogP contribution in [0.5, 0.6) is 0 Å². The van der Waals surface area contributed by atoms with Gasteiger partial charge in [-0.3, -0.25) is 14.4 Å². The number of fused-ring (bicyclic) bond motifs is 1. The molecule has 1 amide bonds. The van der Waals surface area contributed by atoms with Gasteiger partial charge in [-0.2, -0.15) is 5.10 Å². The summed E-state index contributed by atoms with van der Waals surface area (Å²) in [5.41, 5.74) is 1.19. The highest BCUT2D eigenvalue weighted by Crippen LogP contribution is 2.27. The van der Waals surface area contributed by atoms with Gasteiger partial charge in [-0.25, -0.2) is 0 Å². The first-order valence-corrected chi connectivity index (χ1v) is 8.37. The summed E-state index contributed by atoms with van der Waals surface area (Å²) in [6.07, 6.45) is 4.43. The van der Waals surface area contributed by atoms with E-state index in [1.807, 2.05) is 10.9 Å². The lowest BCUT2D eigenvalue weighted by molar-refractivity contribution is -0.122. The summed E-state index contributed by atoms with van der Waals surface area (Å²) < 4.78 is 12.5. The second kappa shape index (κ2) is 7.90. The lowest BCUT2D eigenvalue weighted by Crippen LogP contribution is -2.46. The number of hydrogen-bond donors (Lipinski definition) is 1. The molecule has 3 rings (SSSR count). The van der Waals surface area contributed by atoms with Crippen molar-refractivity contribution in [1.82, 2.24) is 20.0 Å². The maximum atomic E-state index is 12.2. The number of carbonyl (C=O) groups excluding carboxylic acids is 1. The minimum Gasteiger partial charge on any atom is -0.383 e. The third-order valence-corrected chi connectivity index (χ3v) is 4.67. The normalized spacial score (nSPS) is 22.7. The van der Waals surface area contributed by atoms with Crippen LogP contribution in [0.15, 0.2) is 12.3 Å². The number of methoxy groups -OCH3 is 1. The summed E-state index contributed by atoms with van der Waals surface area (Å²) in [7, 11) is 1.63.